The van der Waals surface area contributed by atoms with E-state index in [1.54, 1.807) is 7.11 Å². The molecule has 0 radical (unpaired) electrons. The SMILES string of the molecule is COc1cc(/C=C2/SC(=S)N(C3CCCCC3)C2=O)ccc1OCCC(C)C. The molecule has 152 valence electrons. The maximum Gasteiger partial charge on any atom is 0.266 e. The summed E-state index contributed by atoms with van der Waals surface area (Å²) in [6.07, 6.45) is 8.61. The topological polar surface area (TPSA) is 38.8 Å². The van der Waals surface area contributed by atoms with Crippen molar-refractivity contribution in [3.63, 3.8) is 0 Å². The Morgan fingerprint density at radius 1 is 1.25 bits per heavy atom. The number of rotatable bonds is 7. The quantitative estimate of drug-likeness (QED) is 0.421. The Morgan fingerprint density at radius 3 is 2.68 bits per heavy atom. The van der Waals surface area contributed by atoms with E-state index in [0.29, 0.717) is 27.5 Å². The van der Waals surface area contributed by atoms with E-state index in [9.17, 15) is 4.79 Å². The highest BCUT2D eigenvalue weighted by atomic mass is 32.2. The minimum atomic E-state index is 0.0399. The molecule has 2 aliphatic rings. The molecule has 1 aromatic carbocycles. The number of nitrogens with zero attached hydrogens (tertiary/aromatic N) is 1. The maximum atomic E-state index is 12.9. The van der Waals surface area contributed by atoms with E-state index in [1.165, 1.54) is 31.0 Å². The number of carbonyl (C=O) groups excluding carboxylic acids is 1. The van der Waals surface area contributed by atoms with Crippen LogP contribution in [0.2, 0.25) is 0 Å². The Bertz CT molecular complexity index is 754. The summed E-state index contributed by atoms with van der Waals surface area (Å²) in [5.74, 6) is 2.05. The second-order valence-electron chi connectivity index (χ2n) is 7.78. The lowest BCUT2D eigenvalue weighted by Crippen LogP contribution is -2.39. The largest absolute Gasteiger partial charge is 0.493 e. The summed E-state index contributed by atoms with van der Waals surface area (Å²) in [6, 6.07) is 6.05. The first-order valence-electron chi connectivity index (χ1n) is 10.1. The van der Waals surface area contributed by atoms with Gasteiger partial charge in [-0.25, -0.2) is 0 Å². The zero-order valence-electron chi connectivity index (χ0n) is 16.9. The van der Waals surface area contributed by atoms with Gasteiger partial charge in [-0.15, -0.1) is 0 Å². The Labute approximate surface area is 177 Å². The summed E-state index contributed by atoms with van der Waals surface area (Å²) in [7, 11) is 1.64. The smallest absolute Gasteiger partial charge is 0.266 e. The van der Waals surface area contributed by atoms with Crippen LogP contribution in [-0.2, 0) is 4.79 Å². The molecule has 0 aromatic heterocycles. The van der Waals surface area contributed by atoms with Crippen molar-refractivity contribution in [1.82, 2.24) is 4.90 Å². The first-order valence-corrected chi connectivity index (χ1v) is 11.3. The molecule has 28 heavy (non-hydrogen) atoms. The number of benzene rings is 1. The molecule has 1 saturated carbocycles. The molecule has 0 N–H and O–H groups in total. The molecule has 0 spiro atoms. The summed E-state index contributed by atoms with van der Waals surface area (Å²) in [6.45, 7) is 5.01. The summed E-state index contributed by atoms with van der Waals surface area (Å²) >= 11 is 6.91. The molecule has 0 unspecified atom stereocenters. The van der Waals surface area contributed by atoms with Crippen LogP contribution in [0.3, 0.4) is 0 Å². The van der Waals surface area contributed by atoms with Gasteiger partial charge in [0.25, 0.3) is 5.91 Å². The predicted octanol–water partition coefficient (Wildman–Crippen LogP) is 5.65. The van der Waals surface area contributed by atoms with E-state index in [0.717, 1.165) is 30.6 Å². The Hall–Kier alpha value is -1.53. The zero-order chi connectivity index (χ0) is 20.1. The Balaban J connectivity index is 1.73. The molecule has 6 heteroatoms. The first-order chi connectivity index (χ1) is 13.5. The molecule has 2 fully saturated rings. The van der Waals surface area contributed by atoms with Crippen LogP contribution < -0.4 is 9.47 Å². The number of hydrogen-bond acceptors (Lipinski definition) is 5. The van der Waals surface area contributed by atoms with Gasteiger partial charge in [0.1, 0.15) is 4.32 Å². The van der Waals surface area contributed by atoms with E-state index in [-0.39, 0.29) is 11.9 Å². The fourth-order valence-electron chi connectivity index (χ4n) is 3.58. The van der Waals surface area contributed by atoms with Crippen LogP contribution in [0, 0.1) is 5.92 Å². The van der Waals surface area contributed by atoms with Crippen LogP contribution >= 0.6 is 24.0 Å². The van der Waals surface area contributed by atoms with Crippen molar-refractivity contribution in [2.75, 3.05) is 13.7 Å². The summed E-state index contributed by atoms with van der Waals surface area (Å²) in [4.78, 5) is 15.5. The number of carbonyl (C=O) groups is 1. The number of hydrogen-bond donors (Lipinski definition) is 0. The Morgan fingerprint density at radius 2 is 2.00 bits per heavy atom. The lowest BCUT2D eigenvalue weighted by molar-refractivity contribution is -0.124. The molecule has 1 aliphatic carbocycles. The molecule has 1 heterocycles. The van der Waals surface area contributed by atoms with Gasteiger partial charge in [0.05, 0.1) is 18.6 Å². The molecule has 1 saturated heterocycles. The highest BCUT2D eigenvalue weighted by molar-refractivity contribution is 8.26. The summed E-state index contributed by atoms with van der Waals surface area (Å²) in [5, 5.41) is 0. The number of thioether (sulfide) groups is 1. The van der Waals surface area contributed by atoms with Crippen LogP contribution in [0.1, 0.15) is 57.9 Å². The van der Waals surface area contributed by atoms with Crippen LogP contribution in [-0.4, -0.2) is 34.9 Å². The average molecular weight is 420 g/mol. The van der Waals surface area contributed by atoms with Gasteiger partial charge >= 0.3 is 0 Å². The van der Waals surface area contributed by atoms with Crippen LogP contribution in [0.15, 0.2) is 23.1 Å². The maximum absolute atomic E-state index is 12.9. The third-order valence-electron chi connectivity index (χ3n) is 5.20. The molecule has 1 aliphatic heterocycles. The first kappa shape index (κ1) is 21.2. The molecular formula is C22H29NO3S2. The standard InChI is InChI=1S/C22H29NO3S2/c1-15(2)11-12-26-18-10-9-16(13-19(18)25-3)14-20-21(24)23(22(27)28-20)17-7-5-4-6-8-17/h9-10,13-15,17H,4-8,11-12H2,1-3H3/b20-14+. The van der Waals surface area contributed by atoms with Gasteiger partial charge in [0.15, 0.2) is 11.5 Å². The summed E-state index contributed by atoms with van der Waals surface area (Å²) in [5.41, 5.74) is 0.914. The average Bonchev–Trinajstić information content (AvgIpc) is 2.96. The van der Waals surface area contributed by atoms with E-state index in [4.69, 9.17) is 21.7 Å². The van der Waals surface area contributed by atoms with E-state index in [2.05, 4.69) is 13.8 Å². The van der Waals surface area contributed by atoms with Gasteiger partial charge in [-0.2, -0.15) is 0 Å². The third kappa shape index (κ3) is 5.09. The van der Waals surface area contributed by atoms with Crippen LogP contribution in [0.4, 0.5) is 0 Å². The van der Waals surface area contributed by atoms with Crippen molar-refractivity contribution in [2.24, 2.45) is 5.92 Å². The summed E-state index contributed by atoms with van der Waals surface area (Å²) < 4.78 is 12.0. The zero-order valence-corrected chi connectivity index (χ0v) is 18.5. The van der Waals surface area contributed by atoms with E-state index < -0.39 is 0 Å². The highest BCUT2D eigenvalue weighted by Gasteiger charge is 2.37. The molecular weight excluding hydrogens is 390 g/mol. The fraction of sp³-hybridized carbons (Fsp3) is 0.545. The molecule has 1 aromatic rings. The van der Waals surface area contributed by atoms with Crippen molar-refractivity contribution in [3.05, 3.63) is 28.7 Å². The molecule has 1 amide bonds. The van der Waals surface area contributed by atoms with Gasteiger partial charge < -0.3 is 9.47 Å². The number of amides is 1. The normalized spacial score (nSPS) is 19.7. The second-order valence-corrected chi connectivity index (χ2v) is 9.46. The van der Waals surface area contributed by atoms with E-state index in [1.807, 2.05) is 29.2 Å². The number of methoxy groups -OCH3 is 1. The van der Waals surface area contributed by atoms with E-state index >= 15 is 0 Å². The lowest BCUT2D eigenvalue weighted by atomic mass is 9.94. The minimum Gasteiger partial charge on any atom is -0.493 e. The molecule has 0 atom stereocenters. The van der Waals surface area contributed by atoms with Gasteiger partial charge in [-0.1, -0.05) is 63.2 Å². The van der Waals surface area contributed by atoms with Gasteiger partial charge in [0, 0.05) is 6.04 Å². The monoisotopic (exact) mass is 419 g/mol. The van der Waals surface area contributed by atoms with Crippen LogP contribution in [0.25, 0.3) is 6.08 Å². The van der Waals surface area contributed by atoms with Crippen molar-refractivity contribution >= 4 is 40.3 Å². The molecule has 0 bridgehead atoms. The predicted molar refractivity (Wildman–Crippen MR) is 120 cm³/mol. The van der Waals surface area contributed by atoms with Gasteiger partial charge in [-0.05, 0) is 49.0 Å². The van der Waals surface area contributed by atoms with Gasteiger partial charge in [0.2, 0.25) is 0 Å². The minimum absolute atomic E-state index is 0.0399. The fourth-order valence-corrected chi connectivity index (χ4v) is 4.98. The Kier molecular flexibility index (Phi) is 7.41. The lowest BCUT2D eigenvalue weighted by Gasteiger charge is -2.29. The van der Waals surface area contributed by atoms with Gasteiger partial charge in [-0.3, -0.25) is 9.69 Å². The molecule has 3 rings (SSSR count). The second kappa shape index (κ2) is 9.79. The molecule has 4 nitrogen and oxygen atoms in total. The third-order valence-corrected chi connectivity index (χ3v) is 6.53. The van der Waals surface area contributed by atoms with Crippen molar-refractivity contribution in [1.29, 1.82) is 0 Å². The number of thiocarbonyl (C=S) groups is 1. The number of ether oxygens (including phenoxy) is 2. The van der Waals surface area contributed by atoms with Crippen LogP contribution in [0.5, 0.6) is 11.5 Å². The van der Waals surface area contributed by atoms with Crippen molar-refractivity contribution in [2.45, 2.75) is 58.4 Å². The van der Waals surface area contributed by atoms with Crippen molar-refractivity contribution < 1.29 is 14.3 Å². The highest BCUT2D eigenvalue weighted by Crippen LogP contribution is 2.38. The van der Waals surface area contributed by atoms with Crippen molar-refractivity contribution in [3.8, 4) is 11.5 Å².